The number of ether oxygens (including phenoxy) is 1. The van der Waals surface area contributed by atoms with Crippen molar-refractivity contribution in [3.05, 3.63) is 34.2 Å². The van der Waals surface area contributed by atoms with Gasteiger partial charge in [0, 0.05) is 23.2 Å². The first-order chi connectivity index (χ1) is 11.1. The van der Waals surface area contributed by atoms with Gasteiger partial charge in [-0.15, -0.1) is 11.3 Å². The van der Waals surface area contributed by atoms with Gasteiger partial charge in [0.25, 0.3) is 5.91 Å². The van der Waals surface area contributed by atoms with Crippen molar-refractivity contribution in [1.82, 2.24) is 4.90 Å². The van der Waals surface area contributed by atoms with Gasteiger partial charge in [-0.1, -0.05) is 36.7 Å². The molecular weight excluding hydrogens is 334 g/mol. The Balaban J connectivity index is 1.64. The maximum Gasteiger partial charge on any atom is 0.350 e. The number of fused-ring (bicyclic) bond motifs is 1. The number of carbonyl (C=O) groups excluding carboxylic acids is 2. The Labute approximate surface area is 144 Å². The molecule has 0 saturated carbocycles. The van der Waals surface area contributed by atoms with Crippen molar-refractivity contribution >= 4 is 44.9 Å². The minimum absolute atomic E-state index is 0.137. The largest absolute Gasteiger partial charge is 0.451 e. The second-order valence-corrected chi connectivity index (χ2v) is 7.33. The highest BCUT2D eigenvalue weighted by Crippen LogP contribution is 2.35. The molecule has 1 aliphatic rings. The van der Waals surface area contributed by atoms with Crippen LogP contribution in [0.1, 0.15) is 29.4 Å². The first-order valence-electron chi connectivity index (χ1n) is 7.68. The van der Waals surface area contributed by atoms with Crippen molar-refractivity contribution in [3.8, 4) is 0 Å². The first kappa shape index (κ1) is 16.3. The van der Waals surface area contributed by atoms with Crippen LogP contribution < -0.4 is 0 Å². The molecule has 3 rings (SSSR count). The Morgan fingerprint density at radius 1 is 1.39 bits per heavy atom. The van der Waals surface area contributed by atoms with E-state index in [-0.39, 0.29) is 12.5 Å². The predicted octanol–water partition coefficient (Wildman–Crippen LogP) is 3.97. The third-order valence-electron chi connectivity index (χ3n) is 4.06. The standard InChI is InChI=1S/C17H18ClNO3S/c1-11-5-4-8-19(9-11)14(20)10-22-17(21)16-15(18)12-6-2-3-7-13(12)23-16/h2-3,6-7,11H,4-5,8-10H2,1H3. The highest BCUT2D eigenvalue weighted by Gasteiger charge is 2.23. The smallest absolute Gasteiger partial charge is 0.350 e. The van der Waals surface area contributed by atoms with E-state index in [1.54, 1.807) is 4.90 Å². The minimum Gasteiger partial charge on any atom is -0.451 e. The molecule has 23 heavy (non-hydrogen) atoms. The Kier molecular flexibility index (Phi) is 4.87. The average molecular weight is 352 g/mol. The molecule has 4 nitrogen and oxygen atoms in total. The van der Waals surface area contributed by atoms with E-state index in [1.165, 1.54) is 11.3 Å². The van der Waals surface area contributed by atoms with Crippen molar-refractivity contribution in [3.63, 3.8) is 0 Å². The quantitative estimate of drug-likeness (QED) is 0.786. The molecule has 0 aliphatic carbocycles. The number of rotatable bonds is 3. The van der Waals surface area contributed by atoms with Crippen molar-refractivity contribution in [1.29, 1.82) is 0 Å². The number of piperidine rings is 1. The van der Waals surface area contributed by atoms with Gasteiger partial charge in [-0.25, -0.2) is 4.79 Å². The van der Waals surface area contributed by atoms with Crippen molar-refractivity contribution in [2.24, 2.45) is 5.92 Å². The molecule has 0 bridgehead atoms. The van der Waals surface area contributed by atoms with E-state index >= 15 is 0 Å². The highest BCUT2D eigenvalue weighted by molar-refractivity contribution is 7.21. The summed E-state index contributed by atoms with van der Waals surface area (Å²) in [5.41, 5.74) is 0. The maximum absolute atomic E-state index is 12.2. The van der Waals surface area contributed by atoms with E-state index in [4.69, 9.17) is 16.3 Å². The summed E-state index contributed by atoms with van der Waals surface area (Å²) in [5, 5.41) is 1.23. The van der Waals surface area contributed by atoms with Crippen LogP contribution in [-0.2, 0) is 9.53 Å². The number of nitrogens with zero attached hydrogens (tertiary/aromatic N) is 1. The summed E-state index contributed by atoms with van der Waals surface area (Å²) in [6, 6.07) is 7.54. The molecule has 0 radical (unpaired) electrons. The first-order valence-corrected chi connectivity index (χ1v) is 8.87. The average Bonchev–Trinajstić information content (AvgIpc) is 2.90. The van der Waals surface area contributed by atoms with Crippen molar-refractivity contribution in [2.45, 2.75) is 19.8 Å². The molecule has 1 aliphatic heterocycles. The number of thiophene rings is 1. The highest BCUT2D eigenvalue weighted by atomic mass is 35.5. The van der Waals surface area contributed by atoms with Gasteiger partial charge in [-0.05, 0) is 24.8 Å². The van der Waals surface area contributed by atoms with Gasteiger partial charge in [0.1, 0.15) is 4.88 Å². The molecule has 122 valence electrons. The zero-order valence-electron chi connectivity index (χ0n) is 12.9. The Morgan fingerprint density at radius 3 is 2.91 bits per heavy atom. The maximum atomic E-state index is 12.2. The Bertz CT molecular complexity index is 743. The molecule has 1 saturated heterocycles. The summed E-state index contributed by atoms with van der Waals surface area (Å²) < 4.78 is 6.12. The second-order valence-electron chi connectivity index (χ2n) is 5.90. The Morgan fingerprint density at radius 2 is 2.17 bits per heavy atom. The van der Waals surface area contributed by atoms with E-state index in [0.29, 0.717) is 15.8 Å². The van der Waals surface area contributed by atoms with E-state index in [1.807, 2.05) is 24.3 Å². The molecule has 1 amide bonds. The second kappa shape index (κ2) is 6.89. The van der Waals surface area contributed by atoms with Crippen LogP contribution in [0.5, 0.6) is 0 Å². The molecular formula is C17H18ClNO3S. The van der Waals surface area contributed by atoms with Crippen LogP contribution in [-0.4, -0.2) is 36.5 Å². The SMILES string of the molecule is CC1CCCN(C(=O)COC(=O)c2sc3ccccc3c2Cl)C1. The number of benzene rings is 1. The molecule has 1 aromatic carbocycles. The van der Waals surface area contributed by atoms with Gasteiger partial charge in [0.2, 0.25) is 0 Å². The molecule has 1 fully saturated rings. The lowest BCUT2D eigenvalue weighted by Gasteiger charge is -2.30. The summed E-state index contributed by atoms with van der Waals surface area (Å²) in [6.07, 6.45) is 2.14. The van der Waals surface area contributed by atoms with Crippen LogP contribution in [0.25, 0.3) is 10.1 Å². The molecule has 1 aromatic heterocycles. The van der Waals surface area contributed by atoms with Gasteiger partial charge >= 0.3 is 5.97 Å². The molecule has 2 aromatic rings. The summed E-state index contributed by atoms with van der Waals surface area (Å²) in [7, 11) is 0. The molecule has 6 heteroatoms. The lowest BCUT2D eigenvalue weighted by molar-refractivity contribution is -0.136. The van der Waals surface area contributed by atoms with Gasteiger partial charge in [-0.2, -0.15) is 0 Å². The van der Waals surface area contributed by atoms with E-state index in [2.05, 4.69) is 6.92 Å². The fourth-order valence-corrected chi connectivity index (χ4v) is 4.25. The topological polar surface area (TPSA) is 46.6 Å². The zero-order chi connectivity index (χ0) is 16.4. The molecule has 2 heterocycles. The number of carbonyl (C=O) groups is 2. The Hall–Kier alpha value is -1.59. The summed E-state index contributed by atoms with van der Waals surface area (Å²) in [4.78, 5) is 26.5. The molecule has 0 spiro atoms. The fraction of sp³-hybridized carbons (Fsp3) is 0.412. The van der Waals surface area contributed by atoms with Gasteiger partial charge < -0.3 is 9.64 Å². The minimum atomic E-state index is -0.533. The number of hydrogen-bond acceptors (Lipinski definition) is 4. The van der Waals surface area contributed by atoms with Gasteiger partial charge in [-0.3, -0.25) is 4.79 Å². The van der Waals surface area contributed by atoms with Crippen LogP contribution in [0.15, 0.2) is 24.3 Å². The van der Waals surface area contributed by atoms with Crippen LogP contribution in [0.2, 0.25) is 5.02 Å². The van der Waals surface area contributed by atoms with Crippen molar-refractivity contribution < 1.29 is 14.3 Å². The van der Waals surface area contributed by atoms with Gasteiger partial charge in [0.05, 0.1) is 5.02 Å². The molecule has 1 unspecified atom stereocenters. The molecule has 1 atom stereocenters. The normalized spacial score (nSPS) is 18.2. The summed E-state index contributed by atoms with van der Waals surface area (Å²) >= 11 is 7.54. The predicted molar refractivity (Wildman–Crippen MR) is 92.1 cm³/mol. The van der Waals surface area contributed by atoms with E-state index in [9.17, 15) is 9.59 Å². The van der Waals surface area contributed by atoms with Crippen LogP contribution in [0.3, 0.4) is 0 Å². The third-order valence-corrected chi connectivity index (χ3v) is 5.71. The molecule has 0 N–H and O–H groups in total. The number of hydrogen-bond donors (Lipinski definition) is 0. The number of halogens is 1. The fourth-order valence-electron chi connectivity index (χ4n) is 2.85. The van der Waals surface area contributed by atoms with Crippen LogP contribution in [0.4, 0.5) is 0 Å². The monoisotopic (exact) mass is 351 g/mol. The van der Waals surface area contributed by atoms with Crippen LogP contribution in [0, 0.1) is 5.92 Å². The third kappa shape index (κ3) is 3.51. The van der Waals surface area contributed by atoms with Crippen molar-refractivity contribution in [2.75, 3.05) is 19.7 Å². The van der Waals surface area contributed by atoms with E-state index < -0.39 is 5.97 Å². The number of amides is 1. The lowest BCUT2D eigenvalue weighted by atomic mass is 10.0. The van der Waals surface area contributed by atoms with Gasteiger partial charge in [0.15, 0.2) is 6.61 Å². The zero-order valence-corrected chi connectivity index (χ0v) is 14.5. The van der Waals surface area contributed by atoms with Crippen LogP contribution >= 0.6 is 22.9 Å². The number of esters is 1. The summed E-state index contributed by atoms with van der Waals surface area (Å²) in [5.74, 6) is -0.169. The van der Waals surface area contributed by atoms with E-state index in [0.717, 1.165) is 36.0 Å². The number of likely N-dealkylation sites (tertiary alicyclic amines) is 1. The lowest BCUT2D eigenvalue weighted by Crippen LogP contribution is -2.41. The summed E-state index contributed by atoms with van der Waals surface area (Å²) in [6.45, 7) is 3.38.